The highest BCUT2D eigenvalue weighted by molar-refractivity contribution is 7.10. The standard InChI is InChI=1S/C21H28N4O2S/c26-20(10-11-22-21(27)24-15-17-7-2-1-3-8-17)23-16-18(19-9-6-14-28-19)25-12-4-5-13-25/h1-3,6-9,14,18H,4-5,10-13,15-16H2,(H,23,26)(H2,22,24,27). The van der Waals surface area contributed by atoms with Crippen molar-refractivity contribution in [2.75, 3.05) is 26.2 Å². The van der Waals surface area contributed by atoms with Gasteiger partial charge < -0.3 is 16.0 Å². The summed E-state index contributed by atoms with van der Waals surface area (Å²) in [5, 5.41) is 10.6. The maximum atomic E-state index is 12.2. The lowest BCUT2D eigenvalue weighted by molar-refractivity contribution is -0.121. The average molecular weight is 401 g/mol. The predicted octanol–water partition coefficient (Wildman–Crippen LogP) is 2.89. The summed E-state index contributed by atoms with van der Waals surface area (Å²) in [6.07, 6.45) is 2.71. The zero-order valence-corrected chi connectivity index (χ0v) is 16.8. The van der Waals surface area contributed by atoms with E-state index in [1.807, 2.05) is 30.3 Å². The minimum Gasteiger partial charge on any atom is -0.354 e. The van der Waals surface area contributed by atoms with E-state index in [2.05, 4.69) is 38.4 Å². The molecule has 0 spiro atoms. The van der Waals surface area contributed by atoms with E-state index in [1.54, 1.807) is 11.3 Å². The Morgan fingerprint density at radius 1 is 1.00 bits per heavy atom. The van der Waals surface area contributed by atoms with Crippen LogP contribution in [0.4, 0.5) is 4.79 Å². The number of amides is 3. The molecule has 2 heterocycles. The molecule has 1 aromatic carbocycles. The summed E-state index contributed by atoms with van der Waals surface area (Å²) in [6, 6.07) is 13.9. The Bertz CT molecular complexity index is 730. The van der Waals surface area contributed by atoms with Crippen LogP contribution in [0, 0.1) is 0 Å². The number of carbonyl (C=O) groups is 2. The molecule has 1 atom stereocenters. The van der Waals surface area contributed by atoms with Gasteiger partial charge in [-0.05, 0) is 42.9 Å². The quantitative estimate of drug-likeness (QED) is 0.606. The van der Waals surface area contributed by atoms with Crippen LogP contribution < -0.4 is 16.0 Å². The third kappa shape index (κ3) is 6.35. The van der Waals surface area contributed by atoms with E-state index in [9.17, 15) is 9.59 Å². The molecule has 3 amide bonds. The van der Waals surface area contributed by atoms with Crippen LogP contribution in [0.5, 0.6) is 0 Å². The van der Waals surface area contributed by atoms with Crippen LogP contribution in [-0.4, -0.2) is 43.0 Å². The molecule has 1 aliphatic heterocycles. The number of carbonyl (C=O) groups excluding carboxylic acids is 2. The van der Waals surface area contributed by atoms with E-state index in [0.717, 1.165) is 18.7 Å². The Hall–Kier alpha value is -2.38. The number of rotatable bonds is 9. The monoisotopic (exact) mass is 400 g/mol. The molecule has 1 aliphatic rings. The smallest absolute Gasteiger partial charge is 0.315 e. The van der Waals surface area contributed by atoms with Gasteiger partial charge in [0.1, 0.15) is 0 Å². The molecular formula is C21H28N4O2S. The second kappa shape index (κ2) is 10.8. The van der Waals surface area contributed by atoms with Crippen LogP contribution in [0.3, 0.4) is 0 Å². The van der Waals surface area contributed by atoms with Crippen LogP contribution >= 0.6 is 11.3 Å². The van der Waals surface area contributed by atoms with Crippen LogP contribution in [0.1, 0.15) is 35.7 Å². The number of nitrogens with one attached hydrogen (secondary N) is 3. The van der Waals surface area contributed by atoms with Gasteiger partial charge in [-0.25, -0.2) is 4.79 Å². The largest absolute Gasteiger partial charge is 0.354 e. The molecule has 3 rings (SSSR count). The maximum Gasteiger partial charge on any atom is 0.315 e. The molecule has 6 nitrogen and oxygen atoms in total. The van der Waals surface area contributed by atoms with Crippen molar-refractivity contribution in [3.63, 3.8) is 0 Å². The topological polar surface area (TPSA) is 73.5 Å². The van der Waals surface area contributed by atoms with Crippen LogP contribution in [0.15, 0.2) is 47.8 Å². The molecule has 0 aliphatic carbocycles. The van der Waals surface area contributed by atoms with E-state index in [0.29, 0.717) is 19.6 Å². The van der Waals surface area contributed by atoms with Gasteiger partial charge in [-0.2, -0.15) is 0 Å². The van der Waals surface area contributed by atoms with Crippen molar-refractivity contribution in [3.8, 4) is 0 Å². The molecule has 150 valence electrons. The van der Waals surface area contributed by atoms with Crippen molar-refractivity contribution >= 4 is 23.3 Å². The zero-order chi connectivity index (χ0) is 19.6. The number of likely N-dealkylation sites (tertiary alicyclic amines) is 1. The molecule has 0 radical (unpaired) electrons. The van der Waals surface area contributed by atoms with Gasteiger partial charge in [-0.3, -0.25) is 9.69 Å². The summed E-state index contributed by atoms with van der Waals surface area (Å²) in [6.45, 7) is 3.57. The van der Waals surface area contributed by atoms with Gasteiger partial charge in [-0.15, -0.1) is 11.3 Å². The van der Waals surface area contributed by atoms with Crippen molar-refractivity contribution in [1.82, 2.24) is 20.9 Å². The summed E-state index contributed by atoms with van der Waals surface area (Å²) >= 11 is 1.74. The molecule has 0 bridgehead atoms. The number of benzene rings is 1. The highest BCUT2D eigenvalue weighted by Gasteiger charge is 2.24. The number of urea groups is 1. The number of hydrogen-bond donors (Lipinski definition) is 3. The van der Waals surface area contributed by atoms with E-state index in [-0.39, 0.29) is 24.4 Å². The third-order valence-electron chi connectivity index (χ3n) is 4.88. The van der Waals surface area contributed by atoms with Gasteiger partial charge in [0.05, 0.1) is 6.04 Å². The maximum absolute atomic E-state index is 12.2. The molecule has 1 unspecified atom stereocenters. The Labute approximate surface area is 170 Å². The van der Waals surface area contributed by atoms with E-state index in [1.165, 1.54) is 17.7 Å². The summed E-state index contributed by atoms with van der Waals surface area (Å²) in [5.74, 6) is -0.0379. The zero-order valence-electron chi connectivity index (χ0n) is 16.0. The fourth-order valence-corrected chi connectivity index (χ4v) is 4.23. The fourth-order valence-electron chi connectivity index (χ4n) is 3.37. The SMILES string of the molecule is O=C(CCNC(=O)NCc1ccccc1)NCC(c1cccs1)N1CCCC1. The Morgan fingerprint density at radius 2 is 1.79 bits per heavy atom. The lowest BCUT2D eigenvalue weighted by atomic mass is 10.2. The Kier molecular flexibility index (Phi) is 7.87. The fraction of sp³-hybridized carbons (Fsp3) is 0.429. The Morgan fingerprint density at radius 3 is 2.50 bits per heavy atom. The lowest BCUT2D eigenvalue weighted by Crippen LogP contribution is -2.39. The second-order valence-electron chi connectivity index (χ2n) is 6.92. The van der Waals surface area contributed by atoms with Crippen molar-refractivity contribution in [1.29, 1.82) is 0 Å². The molecular weight excluding hydrogens is 372 g/mol. The lowest BCUT2D eigenvalue weighted by Gasteiger charge is -2.26. The first kappa shape index (κ1) is 20.4. The molecule has 2 aromatic rings. The molecule has 7 heteroatoms. The van der Waals surface area contributed by atoms with Crippen molar-refractivity contribution < 1.29 is 9.59 Å². The van der Waals surface area contributed by atoms with Crippen LogP contribution in [0.25, 0.3) is 0 Å². The summed E-state index contributed by atoms with van der Waals surface area (Å²) in [7, 11) is 0. The minimum atomic E-state index is -0.259. The number of thiophene rings is 1. The van der Waals surface area contributed by atoms with Crippen LogP contribution in [-0.2, 0) is 11.3 Å². The average Bonchev–Trinajstić information content (AvgIpc) is 3.42. The van der Waals surface area contributed by atoms with Gasteiger partial charge in [0.2, 0.25) is 5.91 Å². The van der Waals surface area contributed by atoms with Crippen molar-refractivity contribution in [2.45, 2.75) is 31.8 Å². The van der Waals surface area contributed by atoms with Gasteiger partial charge in [-0.1, -0.05) is 36.4 Å². The predicted molar refractivity (Wildman–Crippen MR) is 112 cm³/mol. The van der Waals surface area contributed by atoms with Gasteiger partial charge in [0, 0.05) is 30.9 Å². The molecule has 0 saturated carbocycles. The number of hydrogen-bond acceptors (Lipinski definition) is 4. The number of nitrogens with zero attached hydrogens (tertiary/aromatic N) is 1. The van der Waals surface area contributed by atoms with E-state index < -0.39 is 0 Å². The van der Waals surface area contributed by atoms with Gasteiger partial charge in [0.25, 0.3) is 0 Å². The Balaban J connectivity index is 1.34. The second-order valence-corrected chi connectivity index (χ2v) is 7.90. The van der Waals surface area contributed by atoms with E-state index in [4.69, 9.17) is 0 Å². The molecule has 1 aromatic heterocycles. The highest BCUT2D eigenvalue weighted by Crippen LogP contribution is 2.27. The van der Waals surface area contributed by atoms with E-state index >= 15 is 0 Å². The third-order valence-corrected chi connectivity index (χ3v) is 5.85. The first-order valence-corrected chi connectivity index (χ1v) is 10.7. The van der Waals surface area contributed by atoms with Gasteiger partial charge >= 0.3 is 6.03 Å². The van der Waals surface area contributed by atoms with Gasteiger partial charge in [0.15, 0.2) is 0 Å². The summed E-state index contributed by atoms with van der Waals surface area (Å²) < 4.78 is 0. The van der Waals surface area contributed by atoms with Crippen LogP contribution in [0.2, 0.25) is 0 Å². The molecule has 1 fully saturated rings. The summed E-state index contributed by atoms with van der Waals surface area (Å²) in [5.41, 5.74) is 1.04. The normalized spacial score (nSPS) is 15.1. The molecule has 3 N–H and O–H groups in total. The molecule has 1 saturated heterocycles. The van der Waals surface area contributed by atoms with Crippen molar-refractivity contribution in [3.05, 3.63) is 58.3 Å². The first-order valence-electron chi connectivity index (χ1n) is 9.82. The summed E-state index contributed by atoms with van der Waals surface area (Å²) in [4.78, 5) is 27.8. The first-order chi connectivity index (χ1) is 13.7. The highest BCUT2D eigenvalue weighted by atomic mass is 32.1. The van der Waals surface area contributed by atoms with Crippen molar-refractivity contribution in [2.24, 2.45) is 0 Å². The molecule has 28 heavy (non-hydrogen) atoms. The minimum absolute atomic E-state index is 0.0379.